The monoisotopic (exact) mass is 380 g/mol. The van der Waals surface area contributed by atoms with Crippen molar-refractivity contribution in [2.45, 2.75) is 64.5 Å². The molecule has 0 aromatic heterocycles. The van der Waals surface area contributed by atoms with E-state index in [1.165, 1.54) is 0 Å². The van der Waals surface area contributed by atoms with Crippen molar-refractivity contribution in [3.63, 3.8) is 0 Å². The van der Waals surface area contributed by atoms with Gasteiger partial charge in [-0.3, -0.25) is 10.1 Å². The molecule has 1 aromatic carbocycles. The number of hydrogen-bond acceptors (Lipinski definition) is 3. The standard InChI is InChI=1S/C23H28N2O3/c1-21(2,3)10-7-15-5-6-16-14-22(11-8-17(28-4)9-12-22)23(18(16)13-15)19(26)24-20(27)25-23/h5-6,13,17H,8-9,11-12,14H2,1-4H3,(H2,24,25,26,27). The Kier molecular flexibility index (Phi) is 4.31. The molecule has 1 aliphatic heterocycles. The van der Waals surface area contributed by atoms with Gasteiger partial charge >= 0.3 is 6.03 Å². The van der Waals surface area contributed by atoms with Gasteiger partial charge in [-0.05, 0) is 76.1 Å². The van der Waals surface area contributed by atoms with E-state index >= 15 is 0 Å². The van der Waals surface area contributed by atoms with Gasteiger partial charge in [-0.25, -0.2) is 4.79 Å². The molecule has 148 valence electrons. The van der Waals surface area contributed by atoms with Gasteiger partial charge in [0.05, 0.1) is 6.10 Å². The molecule has 1 atom stereocenters. The fourth-order valence-electron chi connectivity index (χ4n) is 5.15. The molecule has 0 radical (unpaired) electrons. The quantitative estimate of drug-likeness (QED) is 0.581. The van der Waals surface area contributed by atoms with Gasteiger partial charge in [-0.15, -0.1) is 0 Å². The van der Waals surface area contributed by atoms with Crippen molar-refractivity contribution in [3.8, 4) is 11.8 Å². The first-order chi connectivity index (χ1) is 13.2. The van der Waals surface area contributed by atoms with Gasteiger partial charge in [-0.2, -0.15) is 0 Å². The number of carbonyl (C=O) groups is 2. The van der Waals surface area contributed by atoms with Crippen molar-refractivity contribution in [2.75, 3.05) is 7.11 Å². The molecule has 1 aromatic rings. The molecular weight excluding hydrogens is 352 g/mol. The normalized spacial score (nSPS) is 31.4. The second-order valence-electron chi connectivity index (χ2n) is 9.42. The Morgan fingerprint density at radius 3 is 2.46 bits per heavy atom. The van der Waals surface area contributed by atoms with Crippen LogP contribution >= 0.6 is 0 Å². The Balaban J connectivity index is 1.81. The Hall–Kier alpha value is -2.32. The summed E-state index contributed by atoms with van der Waals surface area (Å²) >= 11 is 0. The van der Waals surface area contributed by atoms with Crippen LogP contribution in [0.2, 0.25) is 0 Å². The molecule has 1 saturated heterocycles. The number of imide groups is 1. The van der Waals surface area contributed by atoms with Gasteiger partial charge in [-0.1, -0.05) is 17.9 Å². The van der Waals surface area contributed by atoms with Crippen molar-refractivity contribution in [1.82, 2.24) is 10.6 Å². The number of amides is 3. The molecule has 3 amide bonds. The molecule has 0 bridgehead atoms. The van der Waals surface area contributed by atoms with E-state index in [9.17, 15) is 9.59 Å². The Morgan fingerprint density at radius 2 is 1.89 bits per heavy atom. The summed E-state index contributed by atoms with van der Waals surface area (Å²) in [6.07, 6.45) is 4.49. The minimum absolute atomic E-state index is 0.102. The molecule has 5 nitrogen and oxygen atoms in total. The number of benzene rings is 1. The SMILES string of the molecule is COC1CCC2(CC1)Cc1ccc(C#CC(C)(C)C)cc1C21NC(=O)NC1=O. The first-order valence-corrected chi connectivity index (χ1v) is 10.0. The zero-order valence-electron chi connectivity index (χ0n) is 17.1. The number of rotatable bonds is 1. The summed E-state index contributed by atoms with van der Waals surface area (Å²) in [6, 6.07) is 5.71. The molecule has 5 heteroatoms. The molecule has 4 rings (SSSR count). The Labute approximate surface area is 166 Å². The van der Waals surface area contributed by atoms with E-state index in [1.807, 2.05) is 12.1 Å². The van der Waals surface area contributed by atoms with Crippen LogP contribution in [0.4, 0.5) is 4.79 Å². The summed E-state index contributed by atoms with van der Waals surface area (Å²) in [5.41, 5.74) is 1.51. The van der Waals surface area contributed by atoms with Crippen LogP contribution in [0.3, 0.4) is 0 Å². The van der Waals surface area contributed by atoms with Crippen LogP contribution in [0.1, 0.15) is 63.1 Å². The lowest BCUT2D eigenvalue weighted by Crippen LogP contribution is -2.56. The molecular formula is C23H28N2O3. The lowest BCUT2D eigenvalue weighted by Gasteiger charge is -2.46. The average Bonchev–Trinajstić information content (AvgIpc) is 3.09. The molecule has 2 N–H and O–H groups in total. The molecule has 2 fully saturated rings. The van der Waals surface area contributed by atoms with E-state index in [0.717, 1.165) is 48.8 Å². The number of carbonyl (C=O) groups excluding carboxylic acids is 2. The number of methoxy groups -OCH3 is 1. The smallest absolute Gasteiger partial charge is 0.322 e. The number of fused-ring (bicyclic) bond motifs is 3. The topological polar surface area (TPSA) is 67.4 Å². The van der Waals surface area contributed by atoms with Gasteiger partial charge in [0.1, 0.15) is 0 Å². The third kappa shape index (κ3) is 2.82. The van der Waals surface area contributed by atoms with E-state index < -0.39 is 11.6 Å². The van der Waals surface area contributed by atoms with E-state index in [2.05, 4.69) is 49.3 Å². The van der Waals surface area contributed by atoms with E-state index in [-0.39, 0.29) is 22.8 Å². The highest BCUT2D eigenvalue weighted by Gasteiger charge is 2.66. The third-order valence-corrected chi connectivity index (χ3v) is 6.51. The summed E-state index contributed by atoms with van der Waals surface area (Å²) in [5, 5.41) is 5.55. The lowest BCUT2D eigenvalue weighted by molar-refractivity contribution is -0.131. The van der Waals surface area contributed by atoms with Gasteiger partial charge < -0.3 is 10.1 Å². The van der Waals surface area contributed by atoms with Crippen molar-refractivity contribution < 1.29 is 14.3 Å². The van der Waals surface area contributed by atoms with Crippen molar-refractivity contribution in [3.05, 3.63) is 34.9 Å². The van der Waals surface area contributed by atoms with Gasteiger partial charge in [0, 0.05) is 23.5 Å². The van der Waals surface area contributed by atoms with E-state index in [4.69, 9.17) is 4.74 Å². The Morgan fingerprint density at radius 1 is 1.18 bits per heavy atom. The number of ether oxygens (including phenoxy) is 1. The van der Waals surface area contributed by atoms with E-state index in [0.29, 0.717) is 0 Å². The third-order valence-electron chi connectivity index (χ3n) is 6.51. The van der Waals surface area contributed by atoms with Crippen molar-refractivity contribution in [2.24, 2.45) is 10.8 Å². The summed E-state index contributed by atoms with van der Waals surface area (Å²) in [7, 11) is 1.74. The number of nitrogens with one attached hydrogen (secondary N) is 2. The summed E-state index contributed by atoms with van der Waals surface area (Å²) in [4.78, 5) is 25.4. The number of hydrogen-bond donors (Lipinski definition) is 2. The van der Waals surface area contributed by atoms with E-state index in [1.54, 1.807) is 7.11 Å². The average molecular weight is 380 g/mol. The van der Waals surface area contributed by atoms with Gasteiger partial charge in [0.15, 0.2) is 5.54 Å². The summed E-state index contributed by atoms with van der Waals surface area (Å²) in [6.45, 7) is 6.22. The molecule has 1 heterocycles. The number of urea groups is 1. The molecule has 2 aliphatic carbocycles. The van der Waals surface area contributed by atoms with Crippen molar-refractivity contribution in [1.29, 1.82) is 0 Å². The zero-order valence-corrected chi connectivity index (χ0v) is 17.1. The predicted octanol–water partition coefficient (Wildman–Crippen LogP) is 3.25. The maximum Gasteiger partial charge on any atom is 0.322 e. The van der Waals surface area contributed by atoms with Crippen LogP contribution < -0.4 is 10.6 Å². The first-order valence-electron chi connectivity index (χ1n) is 10.0. The maximum atomic E-state index is 13.2. The van der Waals surface area contributed by atoms with Crippen molar-refractivity contribution >= 4 is 11.9 Å². The second-order valence-corrected chi connectivity index (χ2v) is 9.42. The second kappa shape index (κ2) is 6.35. The van der Waals surface area contributed by atoms with Crippen LogP contribution in [-0.2, 0) is 21.5 Å². The summed E-state index contributed by atoms with van der Waals surface area (Å²) < 4.78 is 5.55. The fourth-order valence-corrected chi connectivity index (χ4v) is 5.15. The maximum absolute atomic E-state index is 13.2. The predicted molar refractivity (Wildman–Crippen MR) is 107 cm³/mol. The molecule has 3 aliphatic rings. The summed E-state index contributed by atoms with van der Waals surface area (Å²) in [5.74, 6) is 6.27. The minimum Gasteiger partial charge on any atom is -0.381 e. The highest BCUT2D eigenvalue weighted by Crippen LogP contribution is 2.59. The fraction of sp³-hybridized carbons (Fsp3) is 0.565. The molecule has 2 spiro atoms. The molecule has 28 heavy (non-hydrogen) atoms. The highest BCUT2D eigenvalue weighted by molar-refractivity contribution is 6.08. The van der Waals surface area contributed by atoms with Crippen LogP contribution in [0.25, 0.3) is 0 Å². The van der Waals surface area contributed by atoms with Gasteiger partial charge in [0.2, 0.25) is 0 Å². The first kappa shape index (κ1) is 19.0. The highest BCUT2D eigenvalue weighted by atomic mass is 16.5. The van der Waals surface area contributed by atoms with Crippen LogP contribution in [0, 0.1) is 22.7 Å². The Bertz CT molecular complexity index is 895. The van der Waals surface area contributed by atoms with Gasteiger partial charge in [0.25, 0.3) is 5.91 Å². The lowest BCUT2D eigenvalue weighted by atomic mass is 9.61. The minimum atomic E-state index is -1.00. The van der Waals surface area contributed by atoms with Crippen LogP contribution in [0.5, 0.6) is 0 Å². The zero-order chi connectivity index (χ0) is 20.2. The molecule has 1 unspecified atom stereocenters. The largest absolute Gasteiger partial charge is 0.381 e. The van der Waals surface area contributed by atoms with Crippen LogP contribution in [-0.4, -0.2) is 25.2 Å². The molecule has 1 saturated carbocycles. The van der Waals surface area contributed by atoms with Crippen LogP contribution in [0.15, 0.2) is 18.2 Å².